The van der Waals surface area contributed by atoms with E-state index in [1.807, 2.05) is 0 Å². The fourth-order valence-corrected chi connectivity index (χ4v) is 0. The molecule has 0 rings (SSSR count). The van der Waals surface area contributed by atoms with Crippen molar-refractivity contribution in [2.75, 3.05) is 0 Å². The molecule has 0 aliphatic rings. The molecule has 4 nitrogen and oxygen atoms in total. The maximum absolute atomic E-state index is 8.82. The van der Waals surface area contributed by atoms with Crippen LogP contribution >= 0.6 is 0 Å². The van der Waals surface area contributed by atoms with E-state index in [1.54, 1.807) is 0 Å². The molecule has 0 fully saturated rings. The molecular weight excluding hydrogens is 195 g/mol. The monoisotopic (exact) mass is 200 g/mol. The minimum absolute atomic E-state index is 0. The standard InChI is InChI=1S/Cr.Li.Mg.2H2O.2O.Ti.3H/h;;;2*1H2;;;;;;/q+2;;;;;;;;;;/p-2. The van der Waals surface area contributed by atoms with Crippen LogP contribution in [0.25, 0.3) is 0 Å². The van der Waals surface area contributed by atoms with Gasteiger partial charge in [-0.3, -0.25) is 0 Å². The zero-order chi connectivity index (χ0) is 4.50. The van der Waals surface area contributed by atoms with Crippen LogP contribution in [0, 0.1) is 0 Å². The Morgan fingerprint density at radius 2 is 1.12 bits per heavy atom. The molecule has 0 spiro atoms. The molecule has 2 N–H and O–H groups in total. The van der Waals surface area contributed by atoms with E-state index in [1.165, 1.54) is 0 Å². The molecule has 0 aromatic carbocycles. The van der Waals surface area contributed by atoms with Gasteiger partial charge in [0.05, 0.1) is 0 Å². The maximum atomic E-state index is 8.82. The zero-order valence-corrected chi connectivity index (χ0v) is 5.46. The van der Waals surface area contributed by atoms with E-state index in [-0.39, 0.29) is 63.6 Å². The van der Waals surface area contributed by atoms with E-state index in [9.17, 15) is 0 Å². The van der Waals surface area contributed by atoms with Gasteiger partial charge in [0.2, 0.25) is 0 Å². The maximum Gasteiger partial charge on any atom is 0 e. The van der Waals surface area contributed by atoms with E-state index in [2.05, 4.69) is 0 Å². The first-order valence-corrected chi connectivity index (χ1v) is 2.88. The Bertz CT molecular complexity index is 99.2. The second-order valence-corrected chi connectivity index (χ2v) is 1.85. The second kappa shape index (κ2) is 9.13. The third-order valence-electron chi connectivity index (χ3n) is 0. The molecule has 0 radical (unpaired) electrons. The van der Waals surface area contributed by atoms with Crippen LogP contribution in [0.5, 0.6) is 0 Å². The number of rotatable bonds is 0. The van der Waals surface area contributed by atoms with Crippen molar-refractivity contribution in [2.45, 2.75) is 0 Å². The Labute approximate surface area is 92.0 Å². The quantitative estimate of drug-likeness (QED) is 0.411. The molecule has 0 aromatic heterocycles. The normalized spacial score (nSPS) is 7.25. The molecule has 0 atom stereocenters. The predicted molar refractivity (Wildman–Crippen MR) is 21.5 cm³/mol. The molecule has 0 bridgehead atoms. The average molecular weight is 200 g/mol. The molecule has 0 aliphatic carbocycles. The zero-order valence-electron chi connectivity index (χ0n) is 2.62. The molecule has 8 heavy (non-hydrogen) atoms. The fourth-order valence-electron chi connectivity index (χ4n) is 0. The summed E-state index contributed by atoms with van der Waals surface area (Å²) in [6, 6.07) is 0. The van der Waals surface area contributed by atoms with Crippen LogP contribution in [-0.2, 0) is 42.9 Å². The molecule has 0 aromatic rings. The van der Waals surface area contributed by atoms with Crippen LogP contribution in [0.4, 0.5) is 0 Å². The summed E-state index contributed by atoms with van der Waals surface area (Å²) in [5.41, 5.74) is 0. The van der Waals surface area contributed by atoms with Crippen molar-refractivity contribution >= 4 is 41.9 Å². The summed E-state index contributed by atoms with van der Waals surface area (Å²) >= 11 is -5.25. The smallest absolute Gasteiger partial charge is 0 e. The Balaban J connectivity index is -0.0000000267. The largest absolute Gasteiger partial charge is 0 e. The number of hydrogen-bond acceptors (Lipinski definition) is 2. The molecule has 0 aliphatic heterocycles. The summed E-state index contributed by atoms with van der Waals surface area (Å²) in [5.74, 6) is 0. The van der Waals surface area contributed by atoms with Gasteiger partial charge in [0.25, 0.3) is 0 Å². The van der Waals surface area contributed by atoms with Gasteiger partial charge < -0.3 is 0 Å². The van der Waals surface area contributed by atoms with Gasteiger partial charge >= 0.3 is 71.5 Å². The summed E-state index contributed by atoms with van der Waals surface area (Å²) in [6.07, 6.45) is 0. The summed E-state index contributed by atoms with van der Waals surface area (Å²) < 4.78 is 31.9. The van der Waals surface area contributed by atoms with E-state index in [0.29, 0.717) is 0 Å². The van der Waals surface area contributed by atoms with Gasteiger partial charge in [0.15, 0.2) is 0 Å². The summed E-state index contributed by atoms with van der Waals surface area (Å²) in [6.45, 7) is 0. The molecule has 0 unspecified atom stereocenters. The summed E-state index contributed by atoms with van der Waals surface area (Å²) in [5, 5.41) is 0. The van der Waals surface area contributed by atoms with Crippen molar-refractivity contribution < 1.29 is 51.3 Å². The minimum atomic E-state index is -5.25. The van der Waals surface area contributed by atoms with Crippen LogP contribution in [0.15, 0.2) is 0 Å². The van der Waals surface area contributed by atoms with Gasteiger partial charge in [-0.05, 0) is 0 Å². The Kier molecular flexibility index (Phi) is 25.6. The SMILES string of the molecule is [LiH].[MgH2].[O]=[Cr](=[O])([OH])[OH].[Ti]. The Morgan fingerprint density at radius 3 is 1.12 bits per heavy atom. The summed E-state index contributed by atoms with van der Waals surface area (Å²) in [4.78, 5) is 0. The van der Waals surface area contributed by atoms with Crippen molar-refractivity contribution in [1.29, 1.82) is 0 Å². The van der Waals surface area contributed by atoms with Crippen molar-refractivity contribution in [3.63, 3.8) is 0 Å². The van der Waals surface area contributed by atoms with Gasteiger partial charge in [-0.25, -0.2) is 0 Å². The molecule has 8 heteroatoms. The van der Waals surface area contributed by atoms with Crippen molar-refractivity contribution in [1.82, 2.24) is 0 Å². The molecule has 0 heterocycles. The molecule has 0 saturated carbocycles. The second-order valence-electron chi connectivity index (χ2n) is 0.448. The van der Waals surface area contributed by atoms with Crippen molar-refractivity contribution in [3.8, 4) is 0 Å². The van der Waals surface area contributed by atoms with E-state index >= 15 is 0 Å². The third kappa shape index (κ3) is 91.1. The van der Waals surface area contributed by atoms with E-state index < -0.39 is 13.6 Å². The van der Waals surface area contributed by atoms with Gasteiger partial charge in [0.1, 0.15) is 0 Å². The first-order chi connectivity index (χ1) is 2.00. The molecule has 0 amide bonds. The van der Waals surface area contributed by atoms with Gasteiger partial charge in [0, 0.05) is 21.7 Å². The third-order valence-corrected chi connectivity index (χ3v) is 0. The van der Waals surface area contributed by atoms with Crippen LogP contribution in [0.2, 0.25) is 0 Å². The van der Waals surface area contributed by atoms with Gasteiger partial charge in [-0.1, -0.05) is 0 Å². The molecule has 0 saturated heterocycles. The first kappa shape index (κ1) is 22.5. The Morgan fingerprint density at radius 1 is 1.12 bits per heavy atom. The van der Waals surface area contributed by atoms with E-state index in [4.69, 9.17) is 15.9 Å². The predicted octanol–water partition coefficient (Wildman–Crippen LogP) is -2.92. The minimum Gasteiger partial charge on any atom is 0 e. The van der Waals surface area contributed by atoms with E-state index in [0.717, 1.165) is 0 Å². The Hall–Kier alpha value is 2.13. The molecular formula is H5CrLiMgO4Ti. The molecule has 42 valence electrons. The van der Waals surface area contributed by atoms with Gasteiger partial charge in [-0.15, -0.1) is 0 Å². The average Bonchev–Trinajstić information content (AvgIpc) is 0.722. The van der Waals surface area contributed by atoms with Crippen LogP contribution in [0.3, 0.4) is 0 Å². The van der Waals surface area contributed by atoms with Crippen LogP contribution in [0.1, 0.15) is 0 Å². The topological polar surface area (TPSA) is 74.6 Å². The fraction of sp³-hybridized carbons (Fsp3) is 0. The van der Waals surface area contributed by atoms with Gasteiger partial charge in [-0.2, -0.15) is 0 Å². The van der Waals surface area contributed by atoms with Crippen LogP contribution in [-0.4, -0.2) is 50.2 Å². The summed E-state index contributed by atoms with van der Waals surface area (Å²) in [7, 11) is 0. The first-order valence-electron chi connectivity index (χ1n) is 0.698. The van der Waals surface area contributed by atoms with Crippen molar-refractivity contribution in [3.05, 3.63) is 0 Å². The number of hydrogen-bond donors (Lipinski definition) is 2. The van der Waals surface area contributed by atoms with Crippen molar-refractivity contribution in [2.24, 2.45) is 0 Å². The van der Waals surface area contributed by atoms with Crippen LogP contribution < -0.4 is 0 Å².